The lowest BCUT2D eigenvalue weighted by Crippen LogP contribution is -2.39. The molecule has 17 heavy (non-hydrogen) atoms. The monoisotopic (exact) mass is 235 g/mol. The molecular weight excluding hydrogens is 210 g/mol. The molecule has 1 aromatic heterocycles. The van der Waals surface area contributed by atoms with Gasteiger partial charge in [0.05, 0.1) is 11.9 Å². The van der Waals surface area contributed by atoms with Crippen LogP contribution in [0.5, 0.6) is 0 Å². The molecule has 0 bridgehead atoms. The van der Waals surface area contributed by atoms with Gasteiger partial charge in [0, 0.05) is 18.4 Å². The van der Waals surface area contributed by atoms with Crippen LogP contribution in [0.3, 0.4) is 0 Å². The van der Waals surface area contributed by atoms with Gasteiger partial charge in [-0.2, -0.15) is 0 Å². The lowest BCUT2D eigenvalue weighted by Gasteiger charge is -2.32. The molecule has 1 saturated carbocycles. The van der Waals surface area contributed by atoms with Crippen molar-refractivity contribution in [3.63, 3.8) is 0 Å². The van der Waals surface area contributed by atoms with Crippen LogP contribution in [0, 0.1) is 5.41 Å². The van der Waals surface area contributed by atoms with Gasteiger partial charge in [-0.25, -0.2) is 4.98 Å². The molecule has 0 spiro atoms. The molecule has 1 aliphatic rings. The molecule has 0 radical (unpaired) electrons. The fourth-order valence-electron chi connectivity index (χ4n) is 3.00. The third-order valence-electron chi connectivity index (χ3n) is 3.85. The molecule has 3 nitrogen and oxygen atoms in total. The van der Waals surface area contributed by atoms with Crippen molar-refractivity contribution < 1.29 is 0 Å². The van der Waals surface area contributed by atoms with Crippen molar-refractivity contribution in [2.75, 3.05) is 6.54 Å². The Morgan fingerprint density at radius 2 is 2.00 bits per heavy atom. The summed E-state index contributed by atoms with van der Waals surface area (Å²) >= 11 is 0. The van der Waals surface area contributed by atoms with Gasteiger partial charge < -0.3 is 10.3 Å². The van der Waals surface area contributed by atoms with Gasteiger partial charge >= 0.3 is 0 Å². The Morgan fingerprint density at radius 3 is 2.53 bits per heavy atom. The van der Waals surface area contributed by atoms with E-state index in [1.807, 2.05) is 12.5 Å². The minimum atomic E-state index is 0.150. The maximum absolute atomic E-state index is 6.04. The van der Waals surface area contributed by atoms with Crippen LogP contribution < -0.4 is 5.73 Å². The minimum absolute atomic E-state index is 0.150. The third kappa shape index (κ3) is 2.54. The zero-order valence-electron chi connectivity index (χ0n) is 11.4. The van der Waals surface area contributed by atoms with Gasteiger partial charge in [-0.1, -0.05) is 33.6 Å². The van der Waals surface area contributed by atoms with E-state index in [1.54, 1.807) is 0 Å². The second-order valence-corrected chi connectivity index (χ2v) is 6.63. The number of rotatable bonds is 3. The second kappa shape index (κ2) is 4.45. The molecule has 2 rings (SSSR count). The fourth-order valence-corrected chi connectivity index (χ4v) is 3.00. The second-order valence-electron chi connectivity index (χ2n) is 6.63. The molecule has 1 fully saturated rings. The van der Waals surface area contributed by atoms with E-state index >= 15 is 0 Å². The van der Waals surface area contributed by atoms with E-state index in [4.69, 9.17) is 5.73 Å². The summed E-state index contributed by atoms with van der Waals surface area (Å²) < 4.78 is 2.37. The first-order chi connectivity index (χ1) is 7.97. The Kier molecular flexibility index (Phi) is 3.30. The van der Waals surface area contributed by atoms with Crippen LogP contribution in [-0.2, 0) is 12.0 Å². The summed E-state index contributed by atoms with van der Waals surface area (Å²) in [7, 11) is 0. The summed E-state index contributed by atoms with van der Waals surface area (Å²) in [6.07, 6.45) is 10.1. The SMILES string of the molecule is CC(C)(C)Cc1cncn1C1(CN)CCCC1. The zero-order chi connectivity index (χ0) is 12.5. The van der Waals surface area contributed by atoms with Crippen LogP contribution in [0.25, 0.3) is 0 Å². The molecule has 2 N–H and O–H groups in total. The normalized spacial score (nSPS) is 19.8. The van der Waals surface area contributed by atoms with Crippen LogP contribution in [0.1, 0.15) is 52.1 Å². The number of hydrogen-bond acceptors (Lipinski definition) is 2. The quantitative estimate of drug-likeness (QED) is 0.875. The molecule has 96 valence electrons. The standard InChI is InChI=1S/C14H25N3/c1-13(2,3)8-12-9-16-11-17(12)14(10-15)6-4-5-7-14/h9,11H,4-8,10,15H2,1-3H3. The van der Waals surface area contributed by atoms with E-state index < -0.39 is 0 Å². The van der Waals surface area contributed by atoms with Crippen molar-refractivity contribution >= 4 is 0 Å². The highest BCUT2D eigenvalue weighted by molar-refractivity contribution is 5.08. The van der Waals surface area contributed by atoms with Crippen molar-refractivity contribution in [2.24, 2.45) is 11.1 Å². The predicted molar refractivity (Wildman–Crippen MR) is 70.9 cm³/mol. The molecule has 0 saturated heterocycles. The Balaban J connectivity index is 2.29. The van der Waals surface area contributed by atoms with Crippen molar-refractivity contribution in [3.8, 4) is 0 Å². The van der Waals surface area contributed by atoms with E-state index in [1.165, 1.54) is 31.4 Å². The molecule has 0 atom stereocenters. The lowest BCUT2D eigenvalue weighted by atomic mass is 9.89. The highest BCUT2D eigenvalue weighted by Crippen LogP contribution is 2.37. The summed E-state index contributed by atoms with van der Waals surface area (Å²) in [5.41, 5.74) is 7.83. The van der Waals surface area contributed by atoms with Crippen molar-refractivity contribution in [1.82, 2.24) is 9.55 Å². The number of nitrogens with zero attached hydrogens (tertiary/aromatic N) is 2. The summed E-state index contributed by atoms with van der Waals surface area (Å²) in [5.74, 6) is 0. The largest absolute Gasteiger partial charge is 0.328 e. The van der Waals surface area contributed by atoms with Gasteiger partial charge in [0.1, 0.15) is 0 Å². The van der Waals surface area contributed by atoms with Crippen molar-refractivity contribution in [1.29, 1.82) is 0 Å². The first-order valence-electron chi connectivity index (χ1n) is 6.69. The molecule has 1 aliphatic carbocycles. The highest BCUT2D eigenvalue weighted by Gasteiger charge is 2.35. The molecule has 0 unspecified atom stereocenters. The molecule has 1 aromatic rings. The van der Waals surface area contributed by atoms with E-state index in [2.05, 4.69) is 30.3 Å². The molecule has 0 amide bonds. The number of nitrogens with two attached hydrogens (primary N) is 1. The van der Waals surface area contributed by atoms with E-state index in [-0.39, 0.29) is 5.54 Å². The molecule has 0 aliphatic heterocycles. The summed E-state index contributed by atoms with van der Waals surface area (Å²) in [6.45, 7) is 7.55. The smallest absolute Gasteiger partial charge is 0.0953 e. The third-order valence-corrected chi connectivity index (χ3v) is 3.85. The number of hydrogen-bond donors (Lipinski definition) is 1. The van der Waals surface area contributed by atoms with Gasteiger partial charge in [0.25, 0.3) is 0 Å². The number of imidazole rings is 1. The summed E-state index contributed by atoms with van der Waals surface area (Å²) in [5, 5.41) is 0. The summed E-state index contributed by atoms with van der Waals surface area (Å²) in [6, 6.07) is 0. The van der Waals surface area contributed by atoms with Gasteiger partial charge in [0.2, 0.25) is 0 Å². The first-order valence-corrected chi connectivity index (χ1v) is 6.69. The van der Waals surface area contributed by atoms with Gasteiger partial charge in [-0.05, 0) is 24.7 Å². The maximum Gasteiger partial charge on any atom is 0.0953 e. The molecule has 0 aromatic carbocycles. The first kappa shape index (κ1) is 12.6. The van der Waals surface area contributed by atoms with Crippen LogP contribution in [0.15, 0.2) is 12.5 Å². The van der Waals surface area contributed by atoms with E-state index in [9.17, 15) is 0 Å². The van der Waals surface area contributed by atoms with Gasteiger partial charge in [-0.3, -0.25) is 0 Å². The van der Waals surface area contributed by atoms with E-state index in [0.717, 1.165) is 13.0 Å². The Bertz CT molecular complexity index is 367. The summed E-state index contributed by atoms with van der Waals surface area (Å²) in [4.78, 5) is 4.35. The Labute approximate surface area is 104 Å². The predicted octanol–water partition coefficient (Wildman–Crippen LogP) is 2.70. The van der Waals surface area contributed by atoms with Crippen LogP contribution in [0.2, 0.25) is 0 Å². The van der Waals surface area contributed by atoms with Crippen LogP contribution in [-0.4, -0.2) is 16.1 Å². The van der Waals surface area contributed by atoms with Gasteiger partial charge in [0.15, 0.2) is 0 Å². The Hall–Kier alpha value is -0.830. The van der Waals surface area contributed by atoms with Crippen LogP contribution >= 0.6 is 0 Å². The average molecular weight is 235 g/mol. The molecular formula is C14H25N3. The maximum atomic E-state index is 6.04. The lowest BCUT2D eigenvalue weighted by molar-refractivity contribution is 0.283. The van der Waals surface area contributed by atoms with Crippen molar-refractivity contribution in [3.05, 3.63) is 18.2 Å². The van der Waals surface area contributed by atoms with Crippen LogP contribution in [0.4, 0.5) is 0 Å². The van der Waals surface area contributed by atoms with Crippen molar-refractivity contribution in [2.45, 2.75) is 58.4 Å². The topological polar surface area (TPSA) is 43.8 Å². The Morgan fingerprint density at radius 1 is 1.35 bits per heavy atom. The van der Waals surface area contributed by atoms with E-state index in [0.29, 0.717) is 5.41 Å². The fraction of sp³-hybridized carbons (Fsp3) is 0.786. The molecule has 3 heteroatoms. The van der Waals surface area contributed by atoms with Gasteiger partial charge in [-0.15, -0.1) is 0 Å². The highest BCUT2D eigenvalue weighted by atomic mass is 15.1. The average Bonchev–Trinajstić information content (AvgIpc) is 2.83. The zero-order valence-corrected chi connectivity index (χ0v) is 11.4. The minimum Gasteiger partial charge on any atom is -0.328 e. The number of aromatic nitrogens is 2. The molecule has 1 heterocycles.